The third-order valence-corrected chi connectivity index (χ3v) is 8.05. The Morgan fingerprint density at radius 2 is 1.73 bits per heavy atom. The van der Waals surface area contributed by atoms with Gasteiger partial charge in [0.25, 0.3) is 0 Å². The smallest absolute Gasteiger partial charge is 0.180 e. The molecule has 7 heteroatoms. The Balaban J connectivity index is 2.34. The van der Waals surface area contributed by atoms with Gasteiger partial charge in [-0.2, -0.15) is 5.06 Å². The van der Waals surface area contributed by atoms with Crippen LogP contribution in [0.15, 0.2) is 47.4 Å². The first kappa shape index (κ1) is 22.6. The molecule has 2 aromatic carbocycles. The third-order valence-electron chi connectivity index (χ3n) is 6.10. The van der Waals surface area contributed by atoms with Crippen LogP contribution in [0.25, 0.3) is 0 Å². The van der Waals surface area contributed by atoms with Gasteiger partial charge >= 0.3 is 0 Å². The lowest BCUT2D eigenvalue weighted by molar-refractivity contribution is -0.193. The van der Waals surface area contributed by atoms with Crippen molar-refractivity contribution < 1.29 is 23.1 Å². The van der Waals surface area contributed by atoms with Crippen molar-refractivity contribution in [3.63, 3.8) is 0 Å². The molecule has 1 heterocycles. The molecule has 0 unspecified atom stereocenters. The molecular weight excluding hydrogens is 402 g/mol. The Kier molecular flexibility index (Phi) is 6.75. The Hall–Kier alpha value is -2.09. The average molecular weight is 434 g/mol. The summed E-state index contributed by atoms with van der Waals surface area (Å²) < 4.78 is 38.0. The molecule has 0 saturated carbocycles. The Bertz CT molecular complexity index is 977. The molecule has 1 aliphatic rings. The van der Waals surface area contributed by atoms with E-state index < -0.39 is 21.4 Å². The van der Waals surface area contributed by atoms with Gasteiger partial charge in [-0.15, -0.1) is 0 Å². The second-order valence-electron chi connectivity index (χ2n) is 7.84. The van der Waals surface area contributed by atoms with E-state index >= 15 is 0 Å². The first-order chi connectivity index (χ1) is 14.3. The van der Waals surface area contributed by atoms with E-state index in [1.54, 1.807) is 6.07 Å². The van der Waals surface area contributed by atoms with Crippen molar-refractivity contribution in [2.24, 2.45) is 0 Å². The molecular formula is C23H31NO5S. The summed E-state index contributed by atoms with van der Waals surface area (Å²) in [5.74, 6) is 0.630. The van der Waals surface area contributed by atoms with E-state index in [1.807, 2.05) is 37.3 Å². The molecule has 0 amide bonds. The fourth-order valence-corrected chi connectivity index (χ4v) is 6.51. The average Bonchev–Trinajstić information content (AvgIpc) is 2.83. The summed E-state index contributed by atoms with van der Waals surface area (Å²) in [6, 6.07) is 12.1. The molecule has 1 aliphatic heterocycles. The molecule has 0 spiro atoms. The predicted molar refractivity (Wildman–Crippen MR) is 116 cm³/mol. The quantitative estimate of drug-likeness (QED) is 0.687. The van der Waals surface area contributed by atoms with Crippen molar-refractivity contribution in [2.75, 3.05) is 20.0 Å². The maximum absolute atomic E-state index is 13.6. The summed E-state index contributed by atoms with van der Waals surface area (Å²) in [7, 11) is -0.698. The summed E-state index contributed by atoms with van der Waals surface area (Å²) >= 11 is 0. The molecule has 6 nitrogen and oxygen atoms in total. The molecule has 0 saturated heterocycles. The van der Waals surface area contributed by atoms with Crippen LogP contribution in [-0.2, 0) is 9.84 Å². The summed E-state index contributed by atoms with van der Waals surface area (Å²) in [5, 5.41) is 12.9. The van der Waals surface area contributed by atoms with E-state index in [0.29, 0.717) is 29.9 Å². The molecule has 1 N–H and O–H groups in total. The van der Waals surface area contributed by atoms with Crippen LogP contribution in [0.2, 0.25) is 0 Å². The number of sulfone groups is 1. The van der Waals surface area contributed by atoms with Crippen molar-refractivity contribution in [1.29, 1.82) is 0 Å². The minimum Gasteiger partial charge on any atom is -0.493 e. The van der Waals surface area contributed by atoms with Gasteiger partial charge < -0.3 is 14.7 Å². The SMILES string of the molecule is CCCC[C@]1(CC)CS(=O)(=O)c2cc(OC)c(OC)cc2[C@H](c2ccccc2)N1O. The summed E-state index contributed by atoms with van der Waals surface area (Å²) in [4.78, 5) is 0.180. The maximum Gasteiger partial charge on any atom is 0.180 e. The van der Waals surface area contributed by atoms with Crippen LogP contribution >= 0.6 is 0 Å². The number of hydrogen-bond acceptors (Lipinski definition) is 6. The van der Waals surface area contributed by atoms with E-state index in [4.69, 9.17) is 9.47 Å². The topological polar surface area (TPSA) is 76.1 Å². The highest BCUT2D eigenvalue weighted by Crippen LogP contribution is 2.47. The fourth-order valence-electron chi connectivity index (χ4n) is 4.35. The van der Waals surface area contributed by atoms with Gasteiger partial charge in [0.2, 0.25) is 0 Å². The number of nitrogens with zero attached hydrogens (tertiary/aromatic N) is 1. The zero-order valence-corrected chi connectivity index (χ0v) is 18.9. The van der Waals surface area contributed by atoms with Crippen LogP contribution in [0.4, 0.5) is 0 Å². The largest absolute Gasteiger partial charge is 0.493 e. The van der Waals surface area contributed by atoms with Gasteiger partial charge in [0.05, 0.1) is 36.4 Å². The monoisotopic (exact) mass is 433 g/mol. The zero-order valence-electron chi connectivity index (χ0n) is 18.1. The Morgan fingerprint density at radius 1 is 1.10 bits per heavy atom. The van der Waals surface area contributed by atoms with E-state index in [2.05, 4.69) is 6.92 Å². The van der Waals surface area contributed by atoms with Gasteiger partial charge in [-0.1, -0.05) is 57.0 Å². The molecule has 0 fully saturated rings. The Labute approximate surface area is 179 Å². The van der Waals surface area contributed by atoms with Gasteiger partial charge in [0.1, 0.15) is 0 Å². The molecule has 0 radical (unpaired) electrons. The van der Waals surface area contributed by atoms with Crippen molar-refractivity contribution in [3.05, 3.63) is 53.6 Å². The molecule has 2 atom stereocenters. The predicted octanol–water partition coefficient (Wildman–Crippen LogP) is 4.61. The zero-order chi connectivity index (χ0) is 21.9. The normalized spacial score (nSPS) is 23.4. The molecule has 0 aromatic heterocycles. The minimum absolute atomic E-state index is 0.154. The molecule has 30 heavy (non-hydrogen) atoms. The van der Waals surface area contributed by atoms with E-state index in [-0.39, 0.29) is 10.6 Å². The molecule has 2 aromatic rings. The van der Waals surface area contributed by atoms with Crippen LogP contribution in [-0.4, -0.2) is 44.2 Å². The molecule has 0 aliphatic carbocycles. The van der Waals surface area contributed by atoms with Gasteiger partial charge in [0.15, 0.2) is 21.3 Å². The Morgan fingerprint density at radius 3 is 2.30 bits per heavy atom. The van der Waals surface area contributed by atoms with Crippen molar-refractivity contribution >= 4 is 9.84 Å². The third kappa shape index (κ3) is 3.94. The summed E-state index contributed by atoms with van der Waals surface area (Å²) in [5.41, 5.74) is 0.419. The van der Waals surface area contributed by atoms with E-state index in [0.717, 1.165) is 18.4 Å². The molecule has 164 valence electrons. The van der Waals surface area contributed by atoms with Crippen molar-refractivity contribution in [2.45, 2.75) is 56.0 Å². The molecule has 0 bridgehead atoms. The first-order valence-electron chi connectivity index (χ1n) is 10.4. The van der Waals surface area contributed by atoms with Crippen LogP contribution in [0, 0.1) is 0 Å². The lowest BCUT2D eigenvalue weighted by atomic mass is 9.87. The van der Waals surface area contributed by atoms with Gasteiger partial charge in [-0.05, 0) is 30.0 Å². The lowest BCUT2D eigenvalue weighted by Crippen LogP contribution is -2.51. The number of hydrogen-bond donors (Lipinski definition) is 1. The van der Waals surface area contributed by atoms with Crippen LogP contribution < -0.4 is 9.47 Å². The lowest BCUT2D eigenvalue weighted by Gasteiger charge is -2.42. The number of rotatable bonds is 7. The van der Waals surface area contributed by atoms with Gasteiger partial charge in [-0.25, -0.2) is 8.42 Å². The van der Waals surface area contributed by atoms with E-state index in [1.165, 1.54) is 25.3 Å². The first-order valence-corrected chi connectivity index (χ1v) is 12.0. The van der Waals surface area contributed by atoms with E-state index in [9.17, 15) is 13.6 Å². The maximum atomic E-state index is 13.6. The van der Waals surface area contributed by atoms with Crippen molar-refractivity contribution in [1.82, 2.24) is 5.06 Å². The highest BCUT2D eigenvalue weighted by atomic mass is 32.2. The standard InChI is InChI=1S/C23H31NO5S/c1-5-7-13-23(6-2)16-30(26,27)21-15-20(29-4)19(28-3)14-18(21)22(24(23)25)17-11-9-8-10-12-17/h8-12,14-15,22,25H,5-7,13,16H2,1-4H3/t22-,23+/m0/s1. The van der Waals surface area contributed by atoms with Crippen molar-refractivity contribution in [3.8, 4) is 11.5 Å². The minimum atomic E-state index is -3.70. The fraction of sp³-hybridized carbons (Fsp3) is 0.478. The van der Waals surface area contributed by atoms with Gasteiger partial charge in [0, 0.05) is 6.07 Å². The summed E-state index contributed by atoms with van der Waals surface area (Å²) in [6.45, 7) is 4.00. The second kappa shape index (κ2) is 8.96. The van der Waals surface area contributed by atoms with Gasteiger partial charge in [-0.3, -0.25) is 0 Å². The second-order valence-corrected chi connectivity index (χ2v) is 9.80. The number of methoxy groups -OCH3 is 2. The number of ether oxygens (including phenoxy) is 2. The van der Waals surface area contributed by atoms with Crippen LogP contribution in [0.1, 0.15) is 56.7 Å². The van der Waals surface area contributed by atoms with Crippen LogP contribution in [0.5, 0.6) is 11.5 Å². The highest BCUT2D eigenvalue weighted by Gasteiger charge is 2.48. The van der Waals surface area contributed by atoms with Crippen LogP contribution in [0.3, 0.4) is 0 Å². The summed E-state index contributed by atoms with van der Waals surface area (Å²) in [6.07, 6.45) is 2.83. The number of fused-ring (bicyclic) bond motifs is 1. The number of unbranched alkanes of at least 4 members (excludes halogenated alkanes) is 1. The number of benzene rings is 2. The highest BCUT2D eigenvalue weighted by molar-refractivity contribution is 7.91. The number of hydroxylamine groups is 2. The molecule has 3 rings (SSSR count).